The van der Waals surface area contributed by atoms with Gasteiger partial charge in [0.05, 0.1) is 19.0 Å². The van der Waals surface area contributed by atoms with Crippen LogP contribution in [-0.2, 0) is 10.0 Å². The summed E-state index contributed by atoms with van der Waals surface area (Å²) in [5.74, 6) is 0. The predicted octanol–water partition coefficient (Wildman–Crippen LogP) is 0.716. The molecule has 0 radical (unpaired) electrons. The van der Waals surface area contributed by atoms with Crippen molar-refractivity contribution >= 4 is 10.0 Å². The third-order valence-corrected chi connectivity index (χ3v) is 4.22. The first-order valence-electron chi connectivity index (χ1n) is 6.01. The minimum absolute atomic E-state index is 0.125. The first-order chi connectivity index (χ1) is 8.66. The first kappa shape index (κ1) is 16.2. The summed E-state index contributed by atoms with van der Waals surface area (Å²) >= 11 is 0. The Morgan fingerprint density at radius 2 is 2.05 bits per heavy atom. The van der Waals surface area contributed by atoms with E-state index < -0.39 is 28.8 Å². The van der Waals surface area contributed by atoms with Gasteiger partial charge in [-0.05, 0) is 24.0 Å². The van der Waals surface area contributed by atoms with E-state index in [-0.39, 0.29) is 16.9 Å². The molecule has 0 unspecified atom stereocenters. The Kier molecular flexibility index (Phi) is 5.14. The lowest BCUT2D eigenvalue weighted by Crippen LogP contribution is -2.42. The van der Waals surface area contributed by atoms with E-state index in [1.54, 1.807) is 0 Å². The molecular weight excluding hydrogens is 270 g/mol. The molecule has 1 heterocycles. The largest absolute Gasteiger partial charge is 0.452 e. The Morgan fingerprint density at radius 1 is 1.42 bits per heavy atom. The van der Waals surface area contributed by atoms with E-state index in [1.165, 1.54) is 18.4 Å². The quantitative estimate of drug-likeness (QED) is 0.717. The molecule has 1 aromatic heterocycles. The fraction of sp³-hybridized carbons (Fsp3) is 0.667. The van der Waals surface area contributed by atoms with Gasteiger partial charge in [-0.2, -0.15) is 0 Å². The van der Waals surface area contributed by atoms with Crippen molar-refractivity contribution in [2.45, 2.75) is 44.4 Å². The number of nitrogens with one attached hydrogen (secondary N) is 1. The van der Waals surface area contributed by atoms with Crippen molar-refractivity contribution in [2.75, 3.05) is 6.61 Å². The average molecular weight is 291 g/mol. The van der Waals surface area contributed by atoms with Crippen molar-refractivity contribution in [3.63, 3.8) is 0 Å². The molecule has 6 nitrogen and oxygen atoms in total. The number of aliphatic hydroxyl groups is 2. The molecule has 0 amide bonds. The van der Waals surface area contributed by atoms with Crippen LogP contribution < -0.4 is 4.72 Å². The van der Waals surface area contributed by atoms with Crippen LogP contribution in [0.25, 0.3) is 0 Å². The molecule has 0 bridgehead atoms. The van der Waals surface area contributed by atoms with Crippen LogP contribution in [0.3, 0.4) is 0 Å². The molecule has 0 saturated carbocycles. The molecular formula is C12H21NO5S. The Morgan fingerprint density at radius 3 is 2.47 bits per heavy atom. The minimum atomic E-state index is -3.81. The predicted molar refractivity (Wildman–Crippen MR) is 70.0 cm³/mol. The molecule has 110 valence electrons. The molecule has 19 heavy (non-hydrogen) atoms. The Bertz CT molecular complexity index is 475. The second-order valence-electron chi connectivity index (χ2n) is 5.55. The molecule has 1 aromatic rings. The zero-order chi connectivity index (χ0) is 14.7. The second-order valence-corrected chi connectivity index (χ2v) is 7.20. The van der Waals surface area contributed by atoms with Gasteiger partial charge >= 0.3 is 0 Å². The summed E-state index contributed by atoms with van der Waals surface area (Å²) in [6, 6.07) is 2.02. The van der Waals surface area contributed by atoms with E-state index in [4.69, 9.17) is 4.42 Å². The van der Waals surface area contributed by atoms with E-state index in [0.29, 0.717) is 0 Å². The van der Waals surface area contributed by atoms with Crippen LogP contribution in [-0.4, -0.2) is 37.4 Å². The lowest BCUT2D eigenvalue weighted by Gasteiger charge is -2.28. The lowest BCUT2D eigenvalue weighted by atomic mass is 9.86. The summed E-state index contributed by atoms with van der Waals surface area (Å²) in [4.78, 5) is 0. The number of rotatable bonds is 6. The van der Waals surface area contributed by atoms with Gasteiger partial charge in [0, 0.05) is 6.04 Å². The van der Waals surface area contributed by atoms with Gasteiger partial charge < -0.3 is 14.6 Å². The van der Waals surface area contributed by atoms with Gasteiger partial charge in [-0.1, -0.05) is 20.8 Å². The number of sulfonamides is 1. The van der Waals surface area contributed by atoms with Crippen molar-refractivity contribution in [2.24, 2.45) is 5.41 Å². The normalized spacial score (nSPS) is 16.3. The minimum Gasteiger partial charge on any atom is -0.452 e. The Hall–Kier alpha value is -0.890. The smallest absolute Gasteiger partial charge is 0.274 e. The highest BCUT2D eigenvalue weighted by Crippen LogP contribution is 2.23. The van der Waals surface area contributed by atoms with E-state index in [9.17, 15) is 18.6 Å². The zero-order valence-electron chi connectivity index (χ0n) is 11.3. The monoisotopic (exact) mass is 291 g/mol. The summed E-state index contributed by atoms with van der Waals surface area (Å²) in [7, 11) is -3.81. The standard InChI is InChI=1S/C12H21NO5S/c1-12(2,3)10(15)7-9(8-14)13-19(16,17)11-5-4-6-18-11/h4-6,9-10,13-15H,7-8H2,1-3H3/t9-,10-/m0/s1. The summed E-state index contributed by atoms with van der Waals surface area (Å²) in [5.41, 5.74) is -0.385. The summed E-state index contributed by atoms with van der Waals surface area (Å²) in [6.45, 7) is 5.13. The zero-order valence-corrected chi connectivity index (χ0v) is 12.1. The number of furan rings is 1. The van der Waals surface area contributed by atoms with E-state index >= 15 is 0 Å². The second kappa shape index (κ2) is 6.04. The SMILES string of the molecule is CC(C)(C)[C@@H](O)C[C@@H](CO)NS(=O)(=O)c1ccco1. The molecule has 0 fully saturated rings. The van der Waals surface area contributed by atoms with Crippen LogP contribution in [0.1, 0.15) is 27.2 Å². The van der Waals surface area contributed by atoms with Gasteiger partial charge in [0.1, 0.15) is 0 Å². The number of hydrogen-bond donors (Lipinski definition) is 3. The van der Waals surface area contributed by atoms with Crippen LogP contribution in [0.15, 0.2) is 27.9 Å². The van der Waals surface area contributed by atoms with Crippen molar-refractivity contribution in [1.29, 1.82) is 0 Å². The molecule has 0 aromatic carbocycles. The maximum Gasteiger partial charge on any atom is 0.274 e. The third-order valence-electron chi connectivity index (χ3n) is 2.81. The van der Waals surface area contributed by atoms with E-state index in [0.717, 1.165) is 0 Å². The van der Waals surface area contributed by atoms with Crippen molar-refractivity contribution in [3.05, 3.63) is 18.4 Å². The number of aliphatic hydroxyl groups excluding tert-OH is 2. The third kappa shape index (κ3) is 4.61. The van der Waals surface area contributed by atoms with Crippen LogP contribution in [0.2, 0.25) is 0 Å². The van der Waals surface area contributed by atoms with E-state index in [2.05, 4.69) is 4.72 Å². The van der Waals surface area contributed by atoms with Crippen LogP contribution in [0.5, 0.6) is 0 Å². The highest BCUT2D eigenvalue weighted by Gasteiger charge is 2.28. The Balaban J connectivity index is 2.73. The fourth-order valence-corrected chi connectivity index (χ4v) is 2.64. The molecule has 0 spiro atoms. The summed E-state index contributed by atoms with van der Waals surface area (Å²) in [5, 5.41) is 19.0. The summed E-state index contributed by atoms with van der Waals surface area (Å²) < 4.78 is 30.9. The molecule has 0 saturated heterocycles. The molecule has 0 aliphatic carbocycles. The van der Waals surface area contributed by atoms with Gasteiger partial charge in [0.15, 0.2) is 0 Å². The van der Waals surface area contributed by atoms with Crippen molar-refractivity contribution in [3.8, 4) is 0 Å². The lowest BCUT2D eigenvalue weighted by molar-refractivity contribution is 0.0420. The molecule has 1 rings (SSSR count). The van der Waals surface area contributed by atoms with Gasteiger partial charge in [0.25, 0.3) is 10.0 Å². The topological polar surface area (TPSA) is 99.8 Å². The van der Waals surface area contributed by atoms with Crippen LogP contribution in [0.4, 0.5) is 0 Å². The molecule has 0 aliphatic rings. The fourth-order valence-electron chi connectivity index (χ4n) is 1.48. The highest BCUT2D eigenvalue weighted by atomic mass is 32.2. The molecule has 2 atom stereocenters. The Labute approximate surface area is 113 Å². The van der Waals surface area contributed by atoms with E-state index in [1.807, 2.05) is 20.8 Å². The summed E-state index contributed by atoms with van der Waals surface area (Å²) in [6.07, 6.45) is 0.649. The van der Waals surface area contributed by atoms with Crippen LogP contribution in [0, 0.1) is 5.41 Å². The number of hydrogen-bond acceptors (Lipinski definition) is 5. The van der Waals surface area contributed by atoms with Crippen molar-refractivity contribution in [1.82, 2.24) is 4.72 Å². The average Bonchev–Trinajstić information content (AvgIpc) is 2.80. The highest BCUT2D eigenvalue weighted by molar-refractivity contribution is 7.89. The first-order valence-corrected chi connectivity index (χ1v) is 7.50. The van der Waals surface area contributed by atoms with Gasteiger partial charge in [0.2, 0.25) is 5.09 Å². The van der Waals surface area contributed by atoms with Crippen molar-refractivity contribution < 1.29 is 23.0 Å². The van der Waals surface area contributed by atoms with Gasteiger partial charge in [-0.3, -0.25) is 0 Å². The molecule has 7 heteroatoms. The molecule has 3 N–H and O–H groups in total. The maximum atomic E-state index is 11.9. The van der Waals surface area contributed by atoms with Gasteiger partial charge in [-0.15, -0.1) is 0 Å². The maximum absolute atomic E-state index is 11.9. The molecule has 0 aliphatic heterocycles. The van der Waals surface area contributed by atoms with Crippen LogP contribution >= 0.6 is 0 Å². The van der Waals surface area contributed by atoms with Gasteiger partial charge in [-0.25, -0.2) is 13.1 Å².